The van der Waals surface area contributed by atoms with Crippen LogP contribution in [0.15, 0.2) is 72.9 Å². The Balaban J connectivity index is 3.99. The Morgan fingerprint density at radius 1 is 0.421 bits per heavy atom. The molecule has 0 aromatic carbocycles. The highest BCUT2D eigenvalue weighted by Crippen LogP contribution is 2.43. The van der Waals surface area contributed by atoms with E-state index < -0.39 is 26.5 Å². The lowest BCUT2D eigenvalue weighted by molar-refractivity contribution is -0.870. The third-order valence-corrected chi connectivity index (χ3v) is 14.7. The predicted molar refractivity (Wildman–Crippen MR) is 326 cm³/mol. The molecular weight excluding hydrogens is 966 g/mol. The van der Waals surface area contributed by atoms with Gasteiger partial charge in [0.25, 0.3) is 0 Å². The van der Waals surface area contributed by atoms with Gasteiger partial charge < -0.3 is 18.9 Å². The molecule has 0 saturated carbocycles. The number of phosphoric ester groups is 1. The lowest BCUT2D eigenvalue weighted by Crippen LogP contribution is -2.37. The van der Waals surface area contributed by atoms with Crippen molar-refractivity contribution >= 4 is 19.8 Å². The second-order valence-corrected chi connectivity index (χ2v) is 23.9. The van der Waals surface area contributed by atoms with Gasteiger partial charge in [-0.15, -0.1) is 0 Å². The number of phosphoric acid groups is 1. The zero-order valence-electron chi connectivity index (χ0n) is 50.2. The number of carbonyl (C=O) groups excluding carboxylic acids is 2. The van der Waals surface area contributed by atoms with E-state index in [4.69, 9.17) is 18.5 Å². The lowest BCUT2D eigenvalue weighted by atomic mass is 10.0. The number of quaternary nitrogens is 1. The monoisotopic (exact) mass is 1090 g/mol. The molecule has 0 spiro atoms. The summed E-state index contributed by atoms with van der Waals surface area (Å²) in [5.74, 6) is -0.797. The Morgan fingerprint density at radius 3 is 1.12 bits per heavy atom. The first-order chi connectivity index (χ1) is 37.0. The molecular formula is C66H121NO8P+. The van der Waals surface area contributed by atoms with E-state index in [1.807, 2.05) is 21.1 Å². The van der Waals surface area contributed by atoms with Gasteiger partial charge in [0.15, 0.2) is 6.10 Å². The summed E-state index contributed by atoms with van der Waals surface area (Å²) in [5, 5.41) is 0. The number of allylic oxidation sites excluding steroid dienone is 12. The number of likely N-dealkylation sites (N-methyl/N-ethyl adjacent to an activating group) is 1. The molecule has 0 radical (unpaired) electrons. The van der Waals surface area contributed by atoms with E-state index in [0.29, 0.717) is 17.4 Å². The van der Waals surface area contributed by atoms with Crippen LogP contribution in [0.2, 0.25) is 0 Å². The van der Waals surface area contributed by atoms with Gasteiger partial charge in [-0.3, -0.25) is 18.6 Å². The fourth-order valence-corrected chi connectivity index (χ4v) is 9.60. The maximum Gasteiger partial charge on any atom is 0.472 e. The largest absolute Gasteiger partial charge is 0.472 e. The van der Waals surface area contributed by atoms with Crippen molar-refractivity contribution in [2.45, 2.75) is 290 Å². The second kappa shape index (κ2) is 57.1. The molecule has 0 aliphatic rings. The highest BCUT2D eigenvalue weighted by Gasteiger charge is 2.27. The summed E-state index contributed by atoms with van der Waals surface area (Å²) in [6, 6.07) is 0. The van der Waals surface area contributed by atoms with Crippen molar-refractivity contribution in [3.63, 3.8) is 0 Å². The number of nitrogens with zero attached hydrogens (tertiary/aromatic N) is 1. The minimum Gasteiger partial charge on any atom is -0.462 e. The average molecular weight is 1090 g/mol. The van der Waals surface area contributed by atoms with Crippen molar-refractivity contribution in [2.75, 3.05) is 47.5 Å². The Labute approximate surface area is 469 Å². The number of unbranched alkanes of at least 4 members (excludes halogenated alkanes) is 32. The molecule has 0 fully saturated rings. The molecule has 0 aliphatic carbocycles. The minimum absolute atomic E-state index is 0.0301. The van der Waals surface area contributed by atoms with Gasteiger partial charge in [-0.2, -0.15) is 0 Å². The summed E-state index contributed by atoms with van der Waals surface area (Å²) in [6.07, 6.45) is 75.7. The van der Waals surface area contributed by atoms with Crippen molar-refractivity contribution < 1.29 is 42.1 Å². The zero-order valence-corrected chi connectivity index (χ0v) is 51.1. The Kier molecular flexibility index (Phi) is 55.2. The number of ether oxygens (including phenoxy) is 2. The molecule has 76 heavy (non-hydrogen) atoms. The normalized spacial score (nSPS) is 13.7. The molecule has 0 aromatic rings. The average Bonchev–Trinajstić information content (AvgIpc) is 3.38. The van der Waals surface area contributed by atoms with Crippen LogP contribution >= 0.6 is 7.82 Å². The maximum absolute atomic E-state index is 12.8. The molecule has 442 valence electrons. The fraction of sp³-hybridized carbons (Fsp3) is 0.788. The molecule has 1 N–H and O–H groups in total. The summed E-state index contributed by atoms with van der Waals surface area (Å²) in [4.78, 5) is 35.7. The zero-order chi connectivity index (χ0) is 55.6. The second-order valence-electron chi connectivity index (χ2n) is 22.4. The van der Waals surface area contributed by atoms with Crippen molar-refractivity contribution in [3.8, 4) is 0 Å². The third-order valence-electron chi connectivity index (χ3n) is 13.7. The summed E-state index contributed by atoms with van der Waals surface area (Å²) in [5.41, 5.74) is 0. The summed E-state index contributed by atoms with van der Waals surface area (Å²) < 4.78 is 34.6. The van der Waals surface area contributed by atoms with Crippen LogP contribution in [0.3, 0.4) is 0 Å². The first-order valence-electron chi connectivity index (χ1n) is 31.7. The van der Waals surface area contributed by atoms with Crippen LogP contribution in [0.25, 0.3) is 0 Å². The van der Waals surface area contributed by atoms with E-state index in [9.17, 15) is 19.0 Å². The van der Waals surface area contributed by atoms with Crippen molar-refractivity contribution in [2.24, 2.45) is 0 Å². The first-order valence-corrected chi connectivity index (χ1v) is 33.2. The molecule has 0 amide bonds. The van der Waals surface area contributed by atoms with E-state index in [1.165, 1.54) is 173 Å². The van der Waals surface area contributed by atoms with Gasteiger partial charge in [0.05, 0.1) is 27.7 Å². The number of hydrogen-bond donors (Lipinski definition) is 1. The molecule has 0 rings (SSSR count). The predicted octanol–water partition coefficient (Wildman–Crippen LogP) is 20.0. The van der Waals surface area contributed by atoms with Gasteiger partial charge in [0.1, 0.15) is 19.8 Å². The van der Waals surface area contributed by atoms with Crippen molar-refractivity contribution in [1.82, 2.24) is 0 Å². The molecule has 10 heteroatoms. The highest BCUT2D eigenvalue weighted by atomic mass is 31.2. The molecule has 0 aromatic heterocycles. The minimum atomic E-state index is -4.39. The molecule has 2 atom stereocenters. The quantitative estimate of drug-likeness (QED) is 0.0211. The van der Waals surface area contributed by atoms with Gasteiger partial charge in [-0.25, -0.2) is 4.57 Å². The molecule has 2 unspecified atom stereocenters. The van der Waals surface area contributed by atoms with Crippen LogP contribution in [0.4, 0.5) is 0 Å². The van der Waals surface area contributed by atoms with Crippen molar-refractivity contribution in [3.05, 3.63) is 72.9 Å². The highest BCUT2D eigenvalue weighted by molar-refractivity contribution is 7.47. The van der Waals surface area contributed by atoms with E-state index in [-0.39, 0.29) is 32.0 Å². The van der Waals surface area contributed by atoms with Crippen LogP contribution in [-0.2, 0) is 32.7 Å². The fourth-order valence-electron chi connectivity index (χ4n) is 8.86. The van der Waals surface area contributed by atoms with Gasteiger partial charge in [0, 0.05) is 12.8 Å². The Hall–Kier alpha value is -2.55. The van der Waals surface area contributed by atoms with E-state index in [0.717, 1.165) is 77.0 Å². The van der Waals surface area contributed by atoms with E-state index in [2.05, 4.69) is 86.8 Å². The van der Waals surface area contributed by atoms with Gasteiger partial charge in [0.2, 0.25) is 0 Å². The topological polar surface area (TPSA) is 108 Å². The Morgan fingerprint density at radius 2 is 0.750 bits per heavy atom. The Bertz CT molecular complexity index is 1510. The SMILES string of the molecule is CC/C=C\C/C=C\C/C=C\C/C=C\CCCCCCCCCCCCCCCCCCCCCCCCC(=O)OC(COC(=O)CCCCCCCCC/C=C\C/C=C\CCCCC)COP(=O)(O)OCC[N+](C)(C)C. The lowest BCUT2D eigenvalue weighted by Gasteiger charge is -2.24. The van der Waals surface area contributed by atoms with Crippen LogP contribution in [0.5, 0.6) is 0 Å². The number of esters is 2. The van der Waals surface area contributed by atoms with E-state index >= 15 is 0 Å². The van der Waals surface area contributed by atoms with Crippen LogP contribution in [0.1, 0.15) is 284 Å². The standard InChI is InChI=1S/C66H120NO8P/c1-6-8-10-12-14-16-18-20-22-24-25-26-27-28-29-30-31-32-33-34-35-36-37-38-39-40-41-43-45-47-49-51-53-55-57-59-66(69)75-64(63-74-76(70,71)73-61-60-67(3,4)5)62-72-65(68)58-56-54-52-50-48-46-44-42-23-21-19-17-15-13-11-9-7-2/h8,10,14-17,20-23,25-26,64H,6-7,9,11-13,18-19,24,27-63H2,1-5H3/p+1/b10-8-,16-14-,17-15-,22-20-,23-21-,26-25-. The summed E-state index contributed by atoms with van der Waals surface area (Å²) in [7, 11) is 1.48. The van der Waals surface area contributed by atoms with Gasteiger partial charge in [-0.05, 0) is 83.5 Å². The maximum atomic E-state index is 12.8. The number of rotatable bonds is 58. The molecule has 9 nitrogen and oxygen atoms in total. The van der Waals surface area contributed by atoms with Gasteiger partial charge in [-0.1, -0.05) is 260 Å². The molecule has 0 saturated heterocycles. The molecule has 0 heterocycles. The van der Waals surface area contributed by atoms with Crippen LogP contribution < -0.4 is 0 Å². The van der Waals surface area contributed by atoms with E-state index in [1.54, 1.807) is 0 Å². The molecule has 0 aliphatic heterocycles. The summed E-state index contributed by atoms with van der Waals surface area (Å²) in [6.45, 7) is 4.31. The van der Waals surface area contributed by atoms with Gasteiger partial charge >= 0.3 is 19.8 Å². The van der Waals surface area contributed by atoms with Crippen molar-refractivity contribution in [1.29, 1.82) is 0 Å². The smallest absolute Gasteiger partial charge is 0.462 e. The van der Waals surface area contributed by atoms with Crippen LogP contribution in [0, 0.1) is 0 Å². The number of carbonyl (C=O) groups is 2. The summed E-state index contributed by atoms with van der Waals surface area (Å²) >= 11 is 0. The van der Waals surface area contributed by atoms with Crippen LogP contribution in [-0.4, -0.2) is 74.9 Å². The molecule has 0 bridgehead atoms. The number of hydrogen-bond acceptors (Lipinski definition) is 7. The third kappa shape index (κ3) is 60.7. The first kappa shape index (κ1) is 73.5.